The van der Waals surface area contributed by atoms with Crippen LogP contribution in [-0.2, 0) is 4.79 Å². The van der Waals surface area contributed by atoms with E-state index >= 15 is 0 Å². The summed E-state index contributed by atoms with van der Waals surface area (Å²) in [6.07, 6.45) is 5.73. The van der Waals surface area contributed by atoms with Gasteiger partial charge in [-0.3, -0.25) is 4.79 Å². The van der Waals surface area contributed by atoms with Crippen LogP contribution in [0.2, 0.25) is 0 Å². The van der Waals surface area contributed by atoms with E-state index in [2.05, 4.69) is 15.9 Å². The molecule has 0 aliphatic heterocycles. The number of unbranched alkanes of at least 4 members (excludes halogenated alkanes) is 6. The third-order valence-corrected chi connectivity index (χ3v) is 4.58. The van der Waals surface area contributed by atoms with Gasteiger partial charge in [0.2, 0.25) is 5.82 Å². The minimum Gasteiger partial charge on any atom is -0.481 e. The molecule has 0 saturated heterocycles. The Balaban J connectivity index is 2.72. The second-order valence-electron chi connectivity index (χ2n) is 5.83. The average molecular weight is 431 g/mol. The zero-order valence-electron chi connectivity index (χ0n) is 13.6. The smallest absolute Gasteiger partial charge is 0.311 e. The van der Waals surface area contributed by atoms with Crippen molar-refractivity contribution in [1.29, 1.82) is 0 Å². The Hall–Kier alpha value is -1.18. The molecule has 0 heterocycles. The normalized spacial score (nSPS) is 12.4. The van der Waals surface area contributed by atoms with E-state index in [1.165, 1.54) is 0 Å². The van der Waals surface area contributed by atoms with Crippen LogP contribution in [0, 0.1) is 29.1 Å². The van der Waals surface area contributed by atoms with E-state index in [-0.39, 0.29) is 6.42 Å². The summed E-state index contributed by atoms with van der Waals surface area (Å²) in [7, 11) is 0. The molecular weight excluding hydrogens is 411 g/mol. The van der Waals surface area contributed by atoms with Gasteiger partial charge in [0.1, 0.15) is 0 Å². The van der Waals surface area contributed by atoms with Gasteiger partial charge in [0.25, 0.3) is 0 Å². The Bertz CT molecular complexity index is 566. The molecule has 0 aliphatic rings. The van der Waals surface area contributed by atoms with Gasteiger partial charge < -0.3 is 5.11 Å². The predicted molar refractivity (Wildman–Crippen MR) is 87.3 cm³/mol. The molecule has 25 heavy (non-hydrogen) atoms. The number of carboxylic acids is 1. The largest absolute Gasteiger partial charge is 0.481 e. The number of aliphatic carboxylic acids is 1. The van der Waals surface area contributed by atoms with Crippen LogP contribution >= 0.6 is 15.9 Å². The summed E-state index contributed by atoms with van der Waals surface area (Å²) in [5.74, 6) is -14.0. The molecule has 0 fully saturated rings. The van der Waals surface area contributed by atoms with Gasteiger partial charge in [0.15, 0.2) is 23.3 Å². The summed E-state index contributed by atoms with van der Waals surface area (Å²) in [5, 5.41) is 10.1. The number of carboxylic acid groups (broad SMARTS) is 1. The van der Waals surface area contributed by atoms with Crippen LogP contribution in [0.1, 0.15) is 62.8 Å². The van der Waals surface area contributed by atoms with E-state index in [0.717, 1.165) is 37.4 Å². The van der Waals surface area contributed by atoms with Gasteiger partial charge >= 0.3 is 5.97 Å². The highest BCUT2D eigenvalue weighted by Gasteiger charge is 2.33. The van der Waals surface area contributed by atoms with Gasteiger partial charge in [-0.1, -0.05) is 54.5 Å². The quantitative estimate of drug-likeness (QED) is 0.152. The van der Waals surface area contributed by atoms with Crippen molar-refractivity contribution < 1.29 is 31.9 Å². The molecule has 0 aliphatic carbocycles. The first kappa shape index (κ1) is 21.9. The minimum atomic E-state index is -2.29. The third kappa shape index (κ3) is 5.94. The van der Waals surface area contributed by atoms with Gasteiger partial charge in [-0.15, -0.1) is 0 Å². The second kappa shape index (κ2) is 10.7. The number of halogens is 6. The summed E-state index contributed by atoms with van der Waals surface area (Å²) in [6.45, 7) is 0. The molecule has 1 aromatic carbocycles. The molecule has 0 saturated carbocycles. The Morgan fingerprint density at radius 1 is 0.760 bits per heavy atom. The van der Waals surface area contributed by atoms with Gasteiger partial charge in [-0.05, 0) is 12.8 Å². The molecule has 142 valence electrons. The van der Waals surface area contributed by atoms with Crippen molar-refractivity contribution in [2.75, 3.05) is 5.33 Å². The van der Waals surface area contributed by atoms with Crippen LogP contribution in [0.4, 0.5) is 22.0 Å². The fourth-order valence-electron chi connectivity index (χ4n) is 2.65. The predicted octanol–water partition coefficient (Wildman–Crippen LogP) is 6.07. The van der Waals surface area contributed by atoms with Gasteiger partial charge in [0.05, 0.1) is 5.92 Å². The molecule has 0 bridgehead atoms. The molecule has 0 radical (unpaired) electrons. The Morgan fingerprint density at radius 3 is 1.60 bits per heavy atom. The van der Waals surface area contributed by atoms with Crippen molar-refractivity contribution in [3.05, 3.63) is 34.6 Å². The zero-order chi connectivity index (χ0) is 19.0. The molecule has 1 rings (SSSR count). The third-order valence-electron chi connectivity index (χ3n) is 4.02. The lowest BCUT2D eigenvalue weighted by Crippen LogP contribution is -2.18. The maximum atomic E-state index is 13.8. The highest BCUT2D eigenvalue weighted by molar-refractivity contribution is 9.09. The fraction of sp³-hybridized carbons (Fsp3) is 0.588. The van der Waals surface area contributed by atoms with E-state index in [0.29, 0.717) is 12.8 Å². The lowest BCUT2D eigenvalue weighted by atomic mass is 9.91. The molecule has 0 amide bonds. The monoisotopic (exact) mass is 430 g/mol. The highest BCUT2D eigenvalue weighted by Crippen LogP contribution is 2.32. The van der Waals surface area contributed by atoms with E-state index in [1.807, 2.05) is 0 Å². The Morgan fingerprint density at radius 2 is 1.16 bits per heavy atom. The number of hydrogen-bond donors (Lipinski definition) is 1. The molecule has 0 spiro atoms. The van der Waals surface area contributed by atoms with E-state index in [9.17, 15) is 26.7 Å². The molecule has 1 unspecified atom stereocenters. The van der Waals surface area contributed by atoms with E-state index in [1.54, 1.807) is 0 Å². The van der Waals surface area contributed by atoms with Gasteiger partial charge in [-0.2, -0.15) is 0 Å². The number of hydrogen-bond acceptors (Lipinski definition) is 1. The van der Waals surface area contributed by atoms with E-state index in [4.69, 9.17) is 5.11 Å². The number of alkyl halides is 1. The SMILES string of the molecule is O=C(O)C(CCCCCCCCCBr)c1c(F)c(F)c(F)c(F)c1F. The highest BCUT2D eigenvalue weighted by atomic mass is 79.9. The summed E-state index contributed by atoms with van der Waals surface area (Å²) < 4.78 is 67.1. The van der Waals surface area contributed by atoms with Gasteiger partial charge in [0, 0.05) is 10.9 Å². The van der Waals surface area contributed by atoms with Crippen LogP contribution in [0.3, 0.4) is 0 Å². The van der Waals surface area contributed by atoms with Crippen molar-refractivity contribution >= 4 is 21.9 Å². The summed E-state index contributed by atoms with van der Waals surface area (Å²) in [4.78, 5) is 11.3. The second-order valence-corrected chi connectivity index (χ2v) is 6.62. The van der Waals surface area contributed by atoms with Crippen LogP contribution < -0.4 is 0 Å². The number of carbonyl (C=O) groups is 1. The zero-order valence-corrected chi connectivity index (χ0v) is 15.2. The summed E-state index contributed by atoms with van der Waals surface area (Å²) in [5.41, 5.74) is -1.26. The van der Waals surface area contributed by atoms with Crippen molar-refractivity contribution in [3.63, 3.8) is 0 Å². The van der Waals surface area contributed by atoms with Gasteiger partial charge in [-0.25, -0.2) is 22.0 Å². The Kier molecular flexibility index (Phi) is 9.38. The molecule has 1 atom stereocenters. The Labute approximate surface area is 151 Å². The number of rotatable bonds is 11. The van der Waals surface area contributed by atoms with Crippen molar-refractivity contribution in [1.82, 2.24) is 0 Å². The lowest BCUT2D eigenvalue weighted by molar-refractivity contribution is -0.139. The standard InChI is InChI=1S/C17H20BrF5O2/c18-9-7-5-3-1-2-4-6-8-10(17(24)25)11-12(19)14(21)16(23)15(22)13(11)20/h10H,1-9H2,(H,24,25). The van der Waals surface area contributed by atoms with Crippen LogP contribution in [0.25, 0.3) is 0 Å². The maximum Gasteiger partial charge on any atom is 0.311 e. The summed E-state index contributed by atoms with van der Waals surface area (Å²) in [6, 6.07) is 0. The molecule has 1 N–H and O–H groups in total. The number of benzene rings is 1. The first-order valence-corrected chi connectivity index (χ1v) is 9.25. The molecule has 1 aromatic rings. The lowest BCUT2D eigenvalue weighted by Gasteiger charge is -2.15. The van der Waals surface area contributed by atoms with Crippen molar-refractivity contribution in [3.8, 4) is 0 Å². The minimum absolute atomic E-state index is 0.185. The fourth-order valence-corrected chi connectivity index (χ4v) is 3.04. The van der Waals surface area contributed by atoms with Crippen LogP contribution in [-0.4, -0.2) is 16.4 Å². The average Bonchev–Trinajstić information content (AvgIpc) is 2.58. The van der Waals surface area contributed by atoms with E-state index < -0.39 is 46.5 Å². The maximum absolute atomic E-state index is 13.8. The molecule has 2 nitrogen and oxygen atoms in total. The molecular formula is C17H20BrF5O2. The van der Waals surface area contributed by atoms with Crippen LogP contribution in [0.15, 0.2) is 0 Å². The van der Waals surface area contributed by atoms with Crippen molar-refractivity contribution in [2.24, 2.45) is 0 Å². The summed E-state index contributed by atoms with van der Waals surface area (Å²) >= 11 is 3.33. The topological polar surface area (TPSA) is 37.3 Å². The molecule has 0 aromatic heterocycles. The first-order valence-electron chi connectivity index (χ1n) is 8.13. The van der Waals surface area contributed by atoms with Crippen LogP contribution in [0.5, 0.6) is 0 Å². The molecule has 8 heteroatoms. The van der Waals surface area contributed by atoms with Crippen molar-refractivity contribution in [2.45, 2.75) is 57.3 Å². The first-order chi connectivity index (χ1) is 11.8.